The highest BCUT2D eigenvalue weighted by Crippen LogP contribution is 2.44. The molecule has 1 heterocycles. The van der Waals surface area contributed by atoms with E-state index < -0.39 is 6.04 Å². The fraction of sp³-hybridized carbons (Fsp3) is 0.364. The summed E-state index contributed by atoms with van der Waals surface area (Å²) in [7, 11) is 0. The number of carbonyl (C=O) groups is 2. The number of aryl methyl sites for hydroxylation is 1. The molecule has 0 unspecified atom stereocenters. The molecule has 2 aromatic carbocycles. The lowest BCUT2D eigenvalue weighted by Crippen LogP contribution is -2.44. The molecule has 0 bridgehead atoms. The van der Waals surface area contributed by atoms with E-state index in [0.717, 1.165) is 17.5 Å². The van der Waals surface area contributed by atoms with Crippen molar-refractivity contribution in [3.63, 3.8) is 0 Å². The summed E-state index contributed by atoms with van der Waals surface area (Å²) >= 11 is 7.95. The van der Waals surface area contributed by atoms with Crippen LogP contribution in [0.25, 0.3) is 0 Å². The Kier molecular flexibility index (Phi) is 7.40. The molecule has 0 saturated carbocycles. The molecular weight excluding hydrogens is 394 g/mol. The summed E-state index contributed by atoms with van der Waals surface area (Å²) in [6, 6.07) is 16.8. The minimum atomic E-state index is -0.582. The first-order valence-corrected chi connectivity index (χ1v) is 10.9. The van der Waals surface area contributed by atoms with Crippen LogP contribution < -0.4 is 0 Å². The highest BCUT2D eigenvalue weighted by molar-refractivity contribution is 7.99. The quantitative estimate of drug-likeness (QED) is 0.603. The smallest absolute Gasteiger partial charge is 0.329 e. The molecule has 0 N–H and O–H groups in total. The summed E-state index contributed by atoms with van der Waals surface area (Å²) < 4.78 is 5.35. The lowest BCUT2D eigenvalue weighted by Gasteiger charge is -2.29. The zero-order chi connectivity index (χ0) is 19.9. The van der Waals surface area contributed by atoms with Crippen LogP contribution in [0.1, 0.15) is 36.3 Å². The first-order chi connectivity index (χ1) is 13.6. The molecule has 4 nitrogen and oxygen atoms in total. The summed E-state index contributed by atoms with van der Waals surface area (Å²) in [5.41, 5.74) is 1.95. The predicted molar refractivity (Wildman–Crippen MR) is 113 cm³/mol. The molecule has 1 saturated heterocycles. The van der Waals surface area contributed by atoms with Crippen molar-refractivity contribution in [2.45, 2.75) is 37.6 Å². The lowest BCUT2D eigenvalue weighted by atomic mass is 10.1. The first kappa shape index (κ1) is 20.7. The van der Waals surface area contributed by atoms with Crippen molar-refractivity contribution in [2.75, 3.05) is 12.4 Å². The average Bonchev–Trinajstić information content (AvgIpc) is 3.16. The number of halogens is 1. The Hall–Kier alpha value is -1.98. The number of thioether (sulfide) groups is 1. The van der Waals surface area contributed by atoms with Crippen molar-refractivity contribution in [2.24, 2.45) is 0 Å². The van der Waals surface area contributed by atoms with E-state index in [1.165, 1.54) is 0 Å². The molecule has 2 atom stereocenters. The van der Waals surface area contributed by atoms with E-state index in [9.17, 15) is 9.59 Å². The van der Waals surface area contributed by atoms with Gasteiger partial charge in [-0.3, -0.25) is 4.79 Å². The minimum Gasteiger partial charge on any atom is -0.464 e. The van der Waals surface area contributed by atoms with Crippen LogP contribution in [0.2, 0.25) is 5.02 Å². The third-order valence-electron chi connectivity index (χ3n) is 4.65. The van der Waals surface area contributed by atoms with Gasteiger partial charge in [0.15, 0.2) is 0 Å². The van der Waals surface area contributed by atoms with E-state index in [0.29, 0.717) is 30.2 Å². The minimum absolute atomic E-state index is 0.0581. The molecule has 1 aliphatic rings. The number of ether oxygens (including phenoxy) is 1. The Morgan fingerprint density at radius 2 is 1.86 bits per heavy atom. The third kappa shape index (κ3) is 4.89. The van der Waals surface area contributed by atoms with Crippen LogP contribution in [0, 0.1) is 0 Å². The van der Waals surface area contributed by atoms with Crippen LogP contribution in [0.4, 0.5) is 0 Å². The normalized spacial score (nSPS) is 18.9. The molecule has 148 valence electrons. The van der Waals surface area contributed by atoms with Gasteiger partial charge in [0.2, 0.25) is 5.91 Å². The number of rotatable bonds is 7. The van der Waals surface area contributed by atoms with Crippen molar-refractivity contribution in [3.05, 3.63) is 70.7 Å². The van der Waals surface area contributed by atoms with Crippen LogP contribution in [0.15, 0.2) is 54.6 Å². The van der Waals surface area contributed by atoms with Crippen molar-refractivity contribution < 1.29 is 14.3 Å². The number of hydrogen-bond acceptors (Lipinski definition) is 4. The summed E-state index contributed by atoms with van der Waals surface area (Å²) in [6.45, 7) is 2.31. The van der Waals surface area contributed by atoms with E-state index in [1.54, 1.807) is 16.7 Å². The Bertz CT molecular complexity index is 814. The maximum atomic E-state index is 13.2. The maximum absolute atomic E-state index is 13.2. The van der Waals surface area contributed by atoms with E-state index in [4.69, 9.17) is 16.3 Å². The Morgan fingerprint density at radius 3 is 2.57 bits per heavy atom. The van der Waals surface area contributed by atoms with Crippen molar-refractivity contribution >= 4 is 35.2 Å². The van der Waals surface area contributed by atoms with Gasteiger partial charge in [0.1, 0.15) is 11.4 Å². The van der Waals surface area contributed by atoms with Crippen LogP contribution >= 0.6 is 23.4 Å². The Balaban J connectivity index is 1.81. The van der Waals surface area contributed by atoms with Crippen molar-refractivity contribution in [1.82, 2.24) is 4.90 Å². The largest absolute Gasteiger partial charge is 0.464 e. The number of nitrogens with zero attached hydrogens (tertiary/aromatic N) is 1. The van der Waals surface area contributed by atoms with Gasteiger partial charge in [0.25, 0.3) is 0 Å². The average molecular weight is 418 g/mol. The lowest BCUT2D eigenvalue weighted by molar-refractivity contribution is -0.154. The standard InChI is InChI=1S/C22H24ClNO3S/c1-2-14-27-22(26)19-15-28-21(17-10-6-7-11-18(17)23)24(19)20(25)13-12-16-8-4-3-5-9-16/h3-11,19,21H,2,12-15H2,1H3/t19-,21-/m1/s1. The molecule has 6 heteroatoms. The fourth-order valence-corrected chi connectivity index (χ4v) is 5.01. The number of carbonyl (C=O) groups excluding carboxylic acids is 2. The fourth-order valence-electron chi connectivity index (χ4n) is 3.23. The Labute approximate surface area is 175 Å². The summed E-state index contributed by atoms with van der Waals surface area (Å²) in [5.74, 6) is 0.115. The summed E-state index contributed by atoms with van der Waals surface area (Å²) in [4.78, 5) is 27.4. The predicted octanol–water partition coefficient (Wildman–Crippen LogP) is 4.87. The van der Waals surface area contributed by atoms with Crippen LogP contribution in [-0.2, 0) is 20.7 Å². The SMILES string of the molecule is CCCOC(=O)[C@H]1CS[C@H](c2ccccc2Cl)N1C(=O)CCc1ccccc1. The maximum Gasteiger partial charge on any atom is 0.329 e. The second-order valence-corrected chi connectivity index (χ2v) is 8.20. The van der Waals surface area contributed by atoms with Gasteiger partial charge in [-0.15, -0.1) is 11.8 Å². The summed E-state index contributed by atoms with van der Waals surface area (Å²) in [6.07, 6.45) is 1.72. The zero-order valence-corrected chi connectivity index (χ0v) is 17.4. The van der Waals surface area contributed by atoms with Crippen molar-refractivity contribution in [1.29, 1.82) is 0 Å². The molecular formula is C22H24ClNO3S. The highest BCUT2D eigenvalue weighted by atomic mass is 35.5. The zero-order valence-electron chi connectivity index (χ0n) is 15.8. The number of hydrogen-bond donors (Lipinski definition) is 0. The van der Waals surface area contributed by atoms with Crippen LogP contribution in [0.5, 0.6) is 0 Å². The van der Waals surface area contributed by atoms with E-state index in [-0.39, 0.29) is 17.3 Å². The Morgan fingerprint density at radius 1 is 1.14 bits per heavy atom. The molecule has 1 aliphatic heterocycles. The number of amides is 1. The highest BCUT2D eigenvalue weighted by Gasteiger charge is 2.43. The molecule has 0 spiro atoms. The molecule has 1 fully saturated rings. The molecule has 0 aromatic heterocycles. The van der Waals surface area contributed by atoms with E-state index in [2.05, 4.69) is 0 Å². The van der Waals surface area contributed by atoms with Gasteiger partial charge < -0.3 is 9.64 Å². The van der Waals surface area contributed by atoms with Gasteiger partial charge in [0.05, 0.1) is 6.61 Å². The molecule has 0 aliphatic carbocycles. The van der Waals surface area contributed by atoms with Crippen LogP contribution in [-0.4, -0.2) is 35.2 Å². The third-order valence-corrected chi connectivity index (χ3v) is 6.30. The van der Waals surface area contributed by atoms with E-state index >= 15 is 0 Å². The molecule has 28 heavy (non-hydrogen) atoms. The number of benzene rings is 2. The topological polar surface area (TPSA) is 46.6 Å². The second kappa shape index (κ2) is 9.99. The molecule has 0 radical (unpaired) electrons. The van der Waals surface area contributed by atoms with Gasteiger partial charge >= 0.3 is 5.97 Å². The monoisotopic (exact) mass is 417 g/mol. The second-order valence-electron chi connectivity index (χ2n) is 6.68. The van der Waals surface area contributed by atoms with Gasteiger partial charge in [-0.1, -0.05) is 67.1 Å². The summed E-state index contributed by atoms with van der Waals surface area (Å²) in [5, 5.41) is 0.319. The molecule has 2 aromatic rings. The van der Waals surface area contributed by atoms with Crippen LogP contribution in [0.3, 0.4) is 0 Å². The van der Waals surface area contributed by atoms with Gasteiger partial charge in [-0.05, 0) is 24.5 Å². The van der Waals surface area contributed by atoms with E-state index in [1.807, 2.05) is 61.5 Å². The van der Waals surface area contributed by atoms with Gasteiger partial charge in [-0.25, -0.2) is 4.79 Å². The number of esters is 1. The molecule has 1 amide bonds. The van der Waals surface area contributed by atoms with Gasteiger partial charge in [0, 0.05) is 22.8 Å². The van der Waals surface area contributed by atoms with Gasteiger partial charge in [-0.2, -0.15) is 0 Å². The molecule has 3 rings (SSSR count). The first-order valence-electron chi connectivity index (χ1n) is 9.49. The van der Waals surface area contributed by atoms with Crippen molar-refractivity contribution in [3.8, 4) is 0 Å².